The number of nitrogens with one attached hydrogen (secondary N) is 1. The maximum Gasteiger partial charge on any atom is 0.248 e. The van der Waals surface area contributed by atoms with Crippen molar-refractivity contribution in [3.8, 4) is 22.9 Å². The molecule has 0 aliphatic heterocycles. The van der Waals surface area contributed by atoms with Gasteiger partial charge in [-0.3, -0.25) is 4.79 Å². The Labute approximate surface area is 197 Å². The second-order valence-electron chi connectivity index (χ2n) is 7.52. The van der Waals surface area contributed by atoms with Crippen LogP contribution < -0.4 is 15.0 Å². The molecule has 0 aliphatic carbocycles. The predicted octanol–water partition coefficient (Wildman–Crippen LogP) is 4.53. The highest BCUT2D eigenvalue weighted by Crippen LogP contribution is 2.21. The Balaban J connectivity index is 1.61. The number of rotatable bonds is 9. The van der Waals surface area contributed by atoms with Crippen LogP contribution in [0.5, 0.6) is 11.5 Å². The molecule has 4 rings (SSSR count). The highest BCUT2D eigenvalue weighted by Gasteiger charge is 2.14. The number of ether oxygens (including phenoxy) is 2. The predicted molar refractivity (Wildman–Crippen MR) is 128 cm³/mol. The maximum atomic E-state index is 12.2. The van der Waals surface area contributed by atoms with E-state index in [0.717, 1.165) is 28.3 Å². The van der Waals surface area contributed by atoms with Crippen molar-refractivity contribution in [1.29, 1.82) is 0 Å². The minimum absolute atomic E-state index is 0.161. The van der Waals surface area contributed by atoms with Gasteiger partial charge in [0, 0.05) is 28.8 Å². The normalized spacial score (nSPS) is 10.9. The molecule has 0 radical (unpaired) electrons. The van der Waals surface area contributed by atoms with Crippen molar-refractivity contribution >= 4 is 11.6 Å². The summed E-state index contributed by atoms with van der Waals surface area (Å²) in [6.45, 7) is 2.85. The molecule has 0 saturated heterocycles. The van der Waals surface area contributed by atoms with Gasteiger partial charge in [-0.25, -0.2) is 9.67 Å². The largest absolute Gasteiger partial charge is 0.497 e. The standard InChI is InChI=1S/C25H25ClN4O3/c1-3-20-15-18(16-24(31)27-20)25-28-23(14-17-5-4-6-22(13-17)32-2)29-30(25)11-12-33-21-9-7-19(26)8-10-21/h4-10,13,15-16H,3,11-12,14H2,1-2H3,(H,27,31). The van der Waals surface area contributed by atoms with Gasteiger partial charge < -0.3 is 14.5 Å². The van der Waals surface area contributed by atoms with E-state index in [-0.39, 0.29) is 5.56 Å². The van der Waals surface area contributed by atoms with Crippen molar-refractivity contribution in [2.45, 2.75) is 26.3 Å². The molecule has 2 aromatic carbocycles. The molecular formula is C25H25ClN4O3. The molecule has 2 heterocycles. The lowest BCUT2D eigenvalue weighted by Gasteiger charge is -2.09. The van der Waals surface area contributed by atoms with Crippen LogP contribution in [0.1, 0.15) is 24.0 Å². The second-order valence-corrected chi connectivity index (χ2v) is 7.95. The number of benzene rings is 2. The molecule has 7 nitrogen and oxygen atoms in total. The van der Waals surface area contributed by atoms with Gasteiger partial charge in [-0.2, -0.15) is 5.10 Å². The van der Waals surface area contributed by atoms with E-state index in [1.54, 1.807) is 30.0 Å². The lowest BCUT2D eigenvalue weighted by atomic mass is 10.1. The summed E-state index contributed by atoms with van der Waals surface area (Å²) in [5, 5.41) is 5.38. The van der Waals surface area contributed by atoms with Crippen LogP contribution in [0.3, 0.4) is 0 Å². The van der Waals surface area contributed by atoms with E-state index in [9.17, 15) is 4.79 Å². The number of nitrogens with zero attached hydrogens (tertiary/aromatic N) is 3. The number of hydrogen-bond acceptors (Lipinski definition) is 5. The number of hydrogen-bond donors (Lipinski definition) is 1. The van der Waals surface area contributed by atoms with Gasteiger partial charge in [0.25, 0.3) is 0 Å². The molecule has 0 spiro atoms. The third-order valence-electron chi connectivity index (χ3n) is 5.14. The van der Waals surface area contributed by atoms with Gasteiger partial charge in [-0.05, 0) is 54.4 Å². The molecule has 0 unspecified atom stereocenters. The fourth-order valence-corrected chi connectivity index (χ4v) is 3.63. The average Bonchev–Trinajstić information content (AvgIpc) is 3.22. The first kappa shape index (κ1) is 22.6. The molecule has 0 saturated carbocycles. The lowest BCUT2D eigenvalue weighted by Crippen LogP contribution is -2.13. The Bertz CT molecular complexity index is 1280. The van der Waals surface area contributed by atoms with Gasteiger partial charge in [0.1, 0.15) is 18.1 Å². The monoisotopic (exact) mass is 464 g/mol. The van der Waals surface area contributed by atoms with Gasteiger partial charge in [-0.1, -0.05) is 30.7 Å². The van der Waals surface area contributed by atoms with Crippen molar-refractivity contribution in [2.75, 3.05) is 13.7 Å². The molecule has 4 aromatic rings. The van der Waals surface area contributed by atoms with Crippen molar-refractivity contribution in [3.05, 3.63) is 93.1 Å². The summed E-state index contributed by atoms with van der Waals surface area (Å²) in [6, 6.07) is 18.5. The zero-order valence-corrected chi connectivity index (χ0v) is 19.3. The van der Waals surface area contributed by atoms with Gasteiger partial charge in [0.2, 0.25) is 5.56 Å². The number of methoxy groups -OCH3 is 1. The molecule has 0 fully saturated rings. The molecule has 2 aromatic heterocycles. The van der Waals surface area contributed by atoms with Crippen LogP contribution in [0.2, 0.25) is 5.02 Å². The van der Waals surface area contributed by atoms with Gasteiger partial charge in [0.15, 0.2) is 11.6 Å². The van der Waals surface area contributed by atoms with E-state index < -0.39 is 0 Å². The molecule has 0 bridgehead atoms. The van der Waals surface area contributed by atoms with Crippen molar-refractivity contribution in [1.82, 2.24) is 19.7 Å². The number of H-pyrrole nitrogens is 1. The first-order chi connectivity index (χ1) is 16.0. The smallest absolute Gasteiger partial charge is 0.248 e. The molecule has 0 aliphatic rings. The third-order valence-corrected chi connectivity index (χ3v) is 5.39. The lowest BCUT2D eigenvalue weighted by molar-refractivity contribution is 0.292. The zero-order valence-electron chi connectivity index (χ0n) is 18.5. The van der Waals surface area contributed by atoms with Gasteiger partial charge >= 0.3 is 0 Å². The summed E-state index contributed by atoms with van der Waals surface area (Å²) in [6.07, 6.45) is 1.26. The van der Waals surface area contributed by atoms with E-state index in [1.165, 1.54) is 0 Å². The van der Waals surface area contributed by atoms with Gasteiger partial charge in [0.05, 0.1) is 13.7 Å². The van der Waals surface area contributed by atoms with Crippen LogP contribution >= 0.6 is 11.6 Å². The number of halogens is 1. The zero-order chi connectivity index (χ0) is 23.2. The first-order valence-electron chi connectivity index (χ1n) is 10.7. The minimum Gasteiger partial charge on any atom is -0.497 e. The van der Waals surface area contributed by atoms with E-state index in [0.29, 0.717) is 42.7 Å². The van der Waals surface area contributed by atoms with E-state index in [2.05, 4.69) is 4.98 Å². The summed E-state index contributed by atoms with van der Waals surface area (Å²) in [5.41, 5.74) is 2.45. The molecule has 33 heavy (non-hydrogen) atoms. The molecule has 8 heteroatoms. The van der Waals surface area contributed by atoms with E-state index >= 15 is 0 Å². The number of pyridine rings is 1. The van der Waals surface area contributed by atoms with Crippen LogP contribution in [0.25, 0.3) is 11.4 Å². The third kappa shape index (κ3) is 5.81. The van der Waals surface area contributed by atoms with Crippen LogP contribution in [0.4, 0.5) is 0 Å². The second kappa shape index (κ2) is 10.4. The van der Waals surface area contributed by atoms with Crippen LogP contribution in [-0.4, -0.2) is 33.5 Å². The Hall–Kier alpha value is -3.58. The maximum absolute atomic E-state index is 12.2. The van der Waals surface area contributed by atoms with Crippen LogP contribution in [0.15, 0.2) is 65.5 Å². The van der Waals surface area contributed by atoms with E-state index in [1.807, 2.05) is 49.4 Å². The molecule has 0 atom stereocenters. The van der Waals surface area contributed by atoms with E-state index in [4.69, 9.17) is 31.2 Å². The first-order valence-corrected chi connectivity index (χ1v) is 11.1. The minimum atomic E-state index is -0.161. The Morgan fingerprint density at radius 2 is 1.88 bits per heavy atom. The number of aromatic amines is 1. The van der Waals surface area contributed by atoms with Crippen molar-refractivity contribution < 1.29 is 9.47 Å². The summed E-state index contributed by atoms with van der Waals surface area (Å²) in [4.78, 5) is 19.8. The summed E-state index contributed by atoms with van der Waals surface area (Å²) in [7, 11) is 1.64. The molecule has 1 N–H and O–H groups in total. The summed E-state index contributed by atoms with van der Waals surface area (Å²) < 4.78 is 13.0. The summed E-state index contributed by atoms with van der Waals surface area (Å²) in [5.74, 6) is 2.80. The van der Waals surface area contributed by atoms with Crippen molar-refractivity contribution in [3.63, 3.8) is 0 Å². The Kier molecular flexibility index (Phi) is 7.10. The molecular weight excluding hydrogens is 440 g/mol. The topological polar surface area (TPSA) is 82.0 Å². The summed E-state index contributed by atoms with van der Waals surface area (Å²) >= 11 is 5.94. The molecule has 170 valence electrons. The SMILES string of the molecule is CCc1cc(-c2nc(Cc3cccc(OC)c3)nn2CCOc2ccc(Cl)cc2)cc(=O)[nH]1. The highest BCUT2D eigenvalue weighted by molar-refractivity contribution is 6.30. The Morgan fingerprint density at radius 1 is 1.06 bits per heavy atom. The number of aryl methyl sites for hydroxylation is 1. The number of aromatic nitrogens is 4. The van der Waals surface area contributed by atoms with Gasteiger partial charge in [-0.15, -0.1) is 0 Å². The van der Waals surface area contributed by atoms with Crippen LogP contribution in [-0.2, 0) is 19.4 Å². The van der Waals surface area contributed by atoms with Crippen LogP contribution in [0, 0.1) is 0 Å². The average molecular weight is 465 g/mol. The fourth-order valence-electron chi connectivity index (χ4n) is 3.50. The fraction of sp³-hybridized carbons (Fsp3) is 0.240. The quantitative estimate of drug-likeness (QED) is 0.393. The Morgan fingerprint density at radius 3 is 2.64 bits per heavy atom. The van der Waals surface area contributed by atoms with Crippen molar-refractivity contribution in [2.24, 2.45) is 0 Å². The highest BCUT2D eigenvalue weighted by atomic mass is 35.5. The molecule has 0 amide bonds.